The molecule has 0 aromatic rings. The number of ether oxygens (including phenoxy) is 1. The molecule has 0 aromatic heterocycles. The van der Waals surface area contributed by atoms with Crippen LogP contribution in [0, 0.1) is 5.92 Å². The molecule has 2 fully saturated rings. The molecule has 0 spiro atoms. The molecule has 0 saturated carbocycles. The molecular weight excluding hydrogens is 228 g/mol. The van der Waals surface area contributed by atoms with Gasteiger partial charge in [0.15, 0.2) is 0 Å². The summed E-state index contributed by atoms with van der Waals surface area (Å²) in [7, 11) is 1.74. The molecule has 2 heterocycles. The Labute approximate surface area is 110 Å². The number of amides is 1. The first kappa shape index (κ1) is 13.8. The summed E-state index contributed by atoms with van der Waals surface area (Å²) >= 11 is 0. The van der Waals surface area contributed by atoms with Crippen molar-refractivity contribution in [1.29, 1.82) is 0 Å². The van der Waals surface area contributed by atoms with Crippen molar-refractivity contribution in [3.05, 3.63) is 0 Å². The summed E-state index contributed by atoms with van der Waals surface area (Å²) in [5, 5.41) is 3.50. The minimum Gasteiger partial charge on any atom is -0.384 e. The Morgan fingerprint density at radius 2 is 2.28 bits per heavy atom. The van der Waals surface area contributed by atoms with E-state index >= 15 is 0 Å². The molecule has 2 atom stereocenters. The molecule has 2 aliphatic heterocycles. The predicted molar refractivity (Wildman–Crippen MR) is 71.4 cm³/mol. The predicted octanol–water partition coefficient (Wildman–Crippen LogP) is 1.40. The normalized spacial score (nSPS) is 28.6. The van der Waals surface area contributed by atoms with Crippen LogP contribution in [0.15, 0.2) is 0 Å². The fourth-order valence-corrected chi connectivity index (χ4v) is 3.06. The highest BCUT2D eigenvalue weighted by molar-refractivity contribution is 5.76. The largest absolute Gasteiger partial charge is 0.384 e. The molecule has 2 unspecified atom stereocenters. The fourth-order valence-electron chi connectivity index (χ4n) is 3.06. The first-order chi connectivity index (χ1) is 8.79. The summed E-state index contributed by atoms with van der Waals surface area (Å²) < 4.78 is 5.16. The molecule has 1 amide bonds. The van der Waals surface area contributed by atoms with Crippen LogP contribution in [-0.2, 0) is 9.53 Å². The topological polar surface area (TPSA) is 41.6 Å². The van der Waals surface area contributed by atoms with Gasteiger partial charge in [-0.05, 0) is 32.2 Å². The van der Waals surface area contributed by atoms with E-state index in [0.29, 0.717) is 24.3 Å². The Hall–Kier alpha value is -0.610. The molecule has 2 saturated heterocycles. The van der Waals surface area contributed by atoms with Crippen molar-refractivity contribution >= 4 is 5.91 Å². The lowest BCUT2D eigenvalue weighted by Gasteiger charge is -2.24. The number of carbonyl (C=O) groups excluding carboxylic acids is 1. The molecule has 0 aromatic carbocycles. The van der Waals surface area contributed by atoms with E-state index in [1.165, 1.54) is 19.3 Å². The second-order valence-electron chi connectivity index (χ2n) is 5.64. The molecule has 18 heavy (non-hydrogen) atoms. The maximum absolute atomic E-state index is 12.1. The molecule has 2 rings (SSSR count). The van der Waals surface area contributed by atoms with Gasteiger partial charge in [-0.15, -0.1) is 0 Å². The number of hydrogen-bond donors (Lipinski definition) is 1. The first-order valence-corrected chi connectivity index (χ1v) is 7.29. The van der Waals surface area contributed by atoms with E-state index in [2.05, 4.69) is 5.32 Å². The quantitative estimate of drug-likeness (QED) is 0.806. The van der Waals surface area contributed by atoms with Gasteiger partial charge in [-0.1, -0.05) is 6.42 Å². The summed E-state index contributed by atoms with van der Waals surface area (Å²) in [6.45, 7) is 3.72. The SMILES string of the molecule is COCC1CCN(C(=O)CCC2CCCCN2)C1. The molecule has 0 bridgehead atoms. The molecule has 4 heteroatoms. The standard InChI is InChI=1S/C14H26N2O2/c1-18-11-12-7-9-16(10-12)14(17)6-5-13-4-2-3-8-15-13/h12-13,15H,2-11H2,1H3. The van der Waals surface area contributed by atoms with Crippen LogP contribution in [0.4, 0.5) is 0 Å². The minimum absolute atomic E-state index is 0.334. The van der Waals surface area contributed by atoms with Crippen LogP contribution < -0.4 is 5.32 Å². The summed E-state index contributed by atoms with van der Waals surface area (Å²) in [4.78, 5) is 14.1. The lowest BCUT2D eigenvalue weighted by Crippen LogP contribution is -2.36. The van der Waals surface area contributed by atoms with Gasteiger partial charge in [0.25, 0.3) is 0 Å². The Morgan fingerprint density at radius 1 is 1.39 bits per heavy atom. The van der Waals surface area contributed by atoms with Crippen molar-refractivity contribution in [2.75, 3.05) is 33.4 Å². The zero-order chi connectivity index (χ0) is 12.8. The lowest BCUT2D eigenvalue weighted by molar-refractivity contribution is -0.130. The molecule has 4 nitrogen and oxygen atoms in total. The number of hydrogen-bond acceptors (Lipinski definition) is 3. The zero-order valence-corrected chi connectivity index (χ0v) is 11.5. The van der Waals surface area contributed by atoms with Gasteiger partial charge in [-0.2, -0.15) is 0 Å². The van der Waals surface area contributed by atoms with Crippen molar-refractivity contribution in [3.8, 4) is 0 Å². The third-order valence-electron chi connectivity index (χ3n) is 4.16. The number of nitrogens with one attached hydrogen (secondary N) is 1. The van der Waals surface area contributed by atoms with E-state index in [1.807, 2.05) is 4.90 Å². The van der Waals surface area contributed by atoms with Gasteiger partial charge in [0, 0.05) is 38.6 Å². The van der Waals surface area contributed by atoms with Gasteiger partial charge in [-0.3, -0.25) is 4.79 Å². The van der Waals surface area contributed by atoms with Crippen molar-refractivity contribution in [2.45, 2.75) is 44.6 Å². The Morgan fingerprint density at radius 3 is 3.00 bits per heavy atom. The Kier molecular flexibility index (Phi) is 5.45. The third-order valence-corrected chi connectivity index (χ3v) is 4.16. The van der Waals surface area contributed by atoms with Crippen LogP contribution in [0.1, 0.15) is 38.5 Å². The highest BCUT2D eigenvalue weighted by atomic mass is 16.5. The fraction of sp³-hybridized carbons (Fsp3) is 0.929. The van der Waals surface area contributed by atoms with E-state index in [0.717, 1.165) is 39.1 Å². The molecule has 0 radical (unpaired) electrons. The van der Waals surface area contributed by atoms with E-state index in [-0.39, 0.29) is 0 Å². The van der Waals surface area contributed by atoms with Gasteiger partial charge in [0.2, 0.25) is 5.91 Å². The van der Waals surface area contributed by atoms with Crippen LogP contribution in [0.3, 0.4) is 0 Å². The van der Waals surface area contributed by atoms with E-state index in [4.69, 9.17) is 4.74 Å². The number of methoxy groups -OCH3 is 1. The number of likely N-dealkylation sites (tertiary alicyclic amines) is 1. The monoisotopic (exact) mass is 254 g/mol. The molecule has 104 valence electrons. The number of carbonyl (C=O) groups is 1. The number of piperidine rings is 1. The van der Waals surface area contributed by atoms with Crippen molar-refractivity contribution in [3.63, 3.8) is 0 Å². The maximum atomic E-state index is 12.1. The zero-order valence-electron chi connectivity index (χ0n) is 11.5. The van der Waals surface area contributed by atoms with Crippen molar-refractivity contribution in [2.24, 2.45) is 5.92 Å². The van der Waals surface area contributed by atoms with Crippen LogP contribution in [-0.4, -0.2) is 50.2 Å². The molecule has 0 aliphatic carbocycles. The highest BCUT2D eigenvalue weighted by Gasteiger charge is 2.26. The molecular formula is C14H26N2O2. The smallest absolute Gasteiger partial charge is 0.222 e. The van der Waals surface area contributed by atoms with Gasteiger partial charge in [0.05, 0.1) is 6.61 Å². The summed E-state index contributed by atoms with van der Waals surface area (Å²) in [6.07, 6.45) is 6.64. The van der Waals surface area contributed by atoms with Crippen LogP contribution in [0.2, 0.25) is 0 Å². The number of nitrogens with zero attached hydrogens (tertiary/aromatic N) is 1. The summed E-state index contributed by atoms with van der Waals surface area (Å²) in [5.41, 5.74) is 0. The average molecular weight is 254 g/mol. The van der Waals surface area contributed by atoms with Gasteiger partial charge in [0.1, 0.15) is 0 Å². The van der Waals surface area contributed by atoms with E-state index in [1.54, 1.807) is 7.11 Å². The van der Waals surface area contributed by atoms with E-state index in [9.17, 15) is 4.79 Å². The summed E-state index contributed by atoms with van der Waals surface area (Å²) in [5.74, 6) is 0.882. The Balaban J connectivity index is 1.65. The Bertz CT molecular complexity index is 265. The van der Waals surface area contributed by atoms with Crippen molar-refractivity contribution in [1.82, 2.24) is 10.2 Å². The highest BCUT2D eigenvalue weighted by Crippen LogP contribution is 2.19. The molecule has 2 aliphatic rings. The van der Waals surface area contributed by atoms with Gasteiger partial charge in [-0.25, -0.2) is 0 Å². The lowest BCUT2D eigenvalue weighted by atomic mass is 10.0. The molecule has 1 N–H and O–H groups in total. The van der Waals surface area contributed by atoms with Gasteiger partial charge < -0.3 is 15.0 Å². The van der Waals surface area contributed by atoms with E-state index < -0.39 is 0 Å². The van der Waals surface area contributed by atoms with Crippen molar-refractivity contribution < 1.29 is 9.53 Å². The second-order valence-corrected chi connectivity index (χ2v) is 5.64. The maximum Gasteiger partial charge on any atom is 0.222 e. The van der Waals surface area contributed by atoms with Crippen LogP contribution in [0.25, 0.3) is 0 Å². The minimum atomic E-state index is 0.334. The summed E-state index contributed by atoms with van der Waals surface area (Å²) in [6, 6.07) is 0.570. The average Bonchev–Trinajstić information content (AvgIpc) is 2.86. The van der Waals surface area contributed by atoms with Crippen LogP contribution in [0.5, 0.6) is 0 Å². The number of rotatable bonds is 5. The first-order valence-electron chi connectivity index (χ1n) is 7.29. The third kappa shape index (κ3) is 3.95. The second kappa shape index (κ2) is 7.10. The van der Waals surface area contributed by atoms with Crippen LogP contribution >= 0.6 is 0 Å². The van der Waals surface area contributed by atoms with Gasteiger partial charge >= 0.3 is 0 Å².